The molecular formula is C24H44O8S2. The molecule has 0 heterocycles. The summed E-state index contributed by atoms with van der Waals surface area (Å²) in [5, 5.41) is 34.1. The molecule has 0 aromatic heterocycles. The monoisotopic (exact) mass is 524 g/mol. The van der Waals surface area contributed by atoms with Crippen LogP contribution in [0.1, 0.15) is 96.8 Å². The van der Waals surface area contributed by atoms with Gasteiger partial charge in [0.2, 0.25) is 0 Å². The van der Waals surface area contributed by atoms with Gasteiger partial charge in [0, 0.05) is 23.0 Å². The number of carboxylic acid groups (broad SMARTS) is 4. The SMILES string of the molecule is CCCCCCCCCCCCC(CSCCC(=O)O)C(=O)O.O=C(O)CCSCCC(=O)O. The predicted molar refractivity (Wildman–Crippen MR) is 139 cm³/mol. The number of rotatable bonds is 23. The van der Waals surface area contributed by atoms with Crippen LogP contribution in [-0.4, -0.2) is 67.3 Å². The lowest BCUT2D eigenvalue weighted by molar-refractivity contribution is -0.141. The van der Waals surface area contributed by atoms with E-state index in [0.717, 1.165) is 12.8 Å². The van der Waals surface area contributed by atoms with Gasteiger partial charge in [-0.3, -0.25) is 19.2 Å². The van der Waals surface area contributed by atoms with Gasteiger partial charge in [-0.1, -0.05) is 71.1 Å². The van der Waals surface area contributed by atoms with E-state index in [9.17, 15) is 24.3 Å². The third-order valence-corrected chi connectivity index (χ3v) is 7.07. The molecule has 0 aliphatic carbocycles. The minimum Gasteiger partial charge on any atom is -0.481 e. The molecule has 0 radical (unpaired) electrons. The number of unbranched alkanes of at least 4 members (excludes halogenated alkanes) is 9. The Morgan fingerprint density at radius 3 is 1.35 bits per heavy atom. The Labute approximate surface area is 212 Å². The van der Waals surface area contributed by atoms with Crippen LogP contribution in [-0.2, 0) is 19.2 Å². The highest BCUT2D eigenvalue weighted by Gasteiger charge is 2.16. The van der Waals surface area contributed by atoms with Gasteiger partial charge in [0.15, 0.2) is 0 Å². The Hall–Kier alpha value is -1.42. The zero-order valence-corrected chi connectivity index (χ0v) is 22.2. The van der Waals surface area contributed by atoms with Gasteiger partial charge in [0.05, 0.1) is 25.2 Å². The summed E-state index contributed by atoms with van der Waals surface area (Å²) < 4.78 is 0. The van der Waals surface area contributed by atoms with Gasteiger partial charge in [-0.15, -0.1) is 0 Å². The molecule has 0 aliphatic heterocycles. The standard InChI is InChI=1S/C18H34O4S.C6H10O4S/c1-2-3-4-5-6-7-8-9-10-11-12-16(18(21)22)15-23-14-13-17(19)20;7-5(8)1-3-11-4-2-6(9)10/h16H,2-15H2,1H3,(H,19,20)(H,21,22);1-4H2,(H,7,8)(H,9,10). The summed E-state index contributed by atoms with van der Waals surface area (Å²) in [5.74, 6) is -1.58. The van der Waals surface area contributed by atoms with Crippen LogP contribution in [0.5, 0.6) is 0 Å². The van der Waals surface area contributed by atoms with Gasteiger partial charge in [0.25, 0.3) is 0 Å². The molecule has 0 fully saturated rings. The Morgan fingerprint density at radius 1 is 0.588 bits per heavy atom. The minimum atomic E-state index is -0.840. The molecule has 1 atom stereocenters. The van der Waals surface area contributed by atoms with Crippen molar-refractivity contribution in [1.29, 1.82) is 0 Å². The lowest BCUT2D eigenvalue weighted by Gasteiger charge is -2.11. The quantitative estimate of drug-likeness (QED) is 0.119. The number of hydrogen-bond acceptors (Lipinski definition) is 6. The van der Waals surface area contributed by atoms with E-state index in [1.807, 2.05) is 0 Å². The summed E-state index contributed by atoms with van der Waals surface area (Å²) in [6.45, 7) is 2.23. The first-order valence-corrected chi connectivity index (χ1v) is 14.5. The fourth-order valence-corrected chi connectivity index (χ4v) is 4.88. The first kappa shape index (κ1) is 34.7. The molecule has 200 valence electrons. The van der Waals surface area contributed by atoms with E-state index in [1.54, 1.807) is 0 Å². The molecule has 0 saturated heterocycles. The topological polar surface area (TPSA) is 149 Å². The number of carbonyl (C=O) groups is 4. The maximum atomic E-state index is 11.2. The Balaban J connectivity index is 0. The molecule has 34 heavy (non-hydrogen) atoms. The van der Waals surface area contributed by atoms with Crippen molar-refractivity contribution in [2.45, 2.75) is 96.8 Å². The average Bonchev–Trinajstić information content (AvgIpc) is 2.75. The van der Waals surface area contributed by atoms with Gasteiger partial charge in [-0.25, -0.2) is 0 Å². The van der Waals surface area contributed by atoms with Crippen molar-refractivity contribution in [2.24, 2.45) is 5.92 Å². The van der Waals surface area contributed by atoms with Crippen molar-refractivity contribution in [3.63, 3.8) is 0 Å². The first-order chi connectivity index (χ1) is 16.2. The van der Waals surface area contributed by atoms with Crippen molar-refractivity contribution in [3.8, 4) is 0 Å². The molecule has 0 aromatic rings. The zero-order chi connectivity index (χ0) is 26.0. The summed E-state index contributed by atoms with van der Waals surface area (Å²) in [6, 6.07) is 0. The highest BCUT2D eigenvalue weighted by atomic mass is 32.2. The first-order valence-electron chi connectivity index (χ1n) is 12.2. The fraction of sp³-hybridized carbons (Fsp3) is 0.833. The minimum absolute atomic E-state index is 0.101. The number of thioether (sulfide) groups is 2. The van der Waals surface area contributed by atoms with E-state index in [0.29, 0.717) is 29.4 Å². The van der Waals surface area contributed by atoms with E-state index in [1.165, 1.54) is 74.9 Å². The summed E-state index contributed by atoms with van der Waals surface area (Å²) in [4.78, 5) is 41.5. The fourth-order valence-electron chi connectivity index (χ4n) is 2.96. The average molecular weight is 525 g/mol. The molecule has 0 spiro atoms. The molecule has 0 aromatic carbocycles. The third-order valence-electron chi connectivity index (χ3n) is 4.96. The molecule has 4 N–H and O–H groups in total. The maximum absolute atomic E-state index is 11.2. The van der Waals surface area contributed by atoms with E-state index >= 15 is 0 Å². The second-order valence-corrected chi connectivity index (χ2v) is 10.5. The van der Waals surface area contributed by atoms with Crippen molar-refractivity contribution < 1.29 is 39.6 Å². The van der Waals surface area contributed by atoms with E-state index in [4.69, 9.17) is 15.3 Å². The van der Waals surface area contributed by atoms with Crippen LogP contribution < -0.4 is 0 Å². The lowest BCUT2D eigenvalue weighted by atomic mass is 10.0. The van der Waals surface area contributed by atoms with Gasteiger partial charge in [-0.05, 0) is 6.42 Å². The van der Waals surface area contributed by atoms with Crippen molar-refractivity contribution in [1.82, 2.24) is 0 Å². The number of aliphatic carboxylic acids is 4. The third kappa shape index (κ3) is 30.6. The second-order valence-electron chi connectivity index (χ2n) is 8.12. The molecular weight excluding hydrogens is 480 g/mol. The van der Waals surface area contributed by atoms with Crippen LogP contribution in [0.4, 0.5) is 0 Å². The van der Waals surface area contributed by atoms with Crippen LogP contribution in [0.15, 0.2) is 0 Å². The van der Waals surface area contributed by atoms with Crippen molar-refractivity contribution in [3.05, 3.63) is 0 Å². The molecule has 1 unspecified atom stereocenters. The molecule has 0 saturated carbocycles. The van der Waals surface area contributed by atoms with Gasteiger partial charge >= 0.3 is 23.9 Å². The molecule has 8 nitrogen and oxygen atoms in total. The highest BCUT2D eigenvalue weighted by Crippen LogP contribution is 2.18. The predicted octanol–water partition coefficient (Wildman–Crippen LogP) is 5.88. The molecule has 0 rings (SSSR count). The second kappa shape index (κ2) is 26.2. The number of hydrogen-bond donors (Lipinski definition) is 4. The Morgan fingerprint density at radius 2 is 0.971 bits per heavy atom. The van der Waals surface area contributed by atoms with Crippen LogP contribution in [0.3, 0.4) is 0 Å². The Bertz CT molecular complexity index is 527. The van der Waals surface area contributed by atoms with Gasteiger partial charge in [0.1, 0.15) is 0 Å². The zero-order valence-electron chi connectivity index (χ0n) is 20.5. The Kier molecular flexibility index (Phi) is 26.8. The van der Waals surface area contributed by atoms with E-state index in [2.05, 4.69) is 6.92 Å². The normalized spacial score (nSPS) is 11.3. The molecule has 10 heteroatoms. The lowest BCUT2D eigenvalue weighted by Crippen LogP contribution is -2.16. The van der Waals surface area contributed by atoms with Crippen LogP contribution in [0.25, 0.3) is 0 Å². The molecule has 0 aliphatic rings. The largest absolute Gasteiger partial charge is 0.481 e. The van der Waals surface area contributed by atoms with Crippen molar-refractivity contribution in [2.75, 3.05) is 23.0 Å². The molecule has 0 amide bonds. The smallest absolute Gasteiger partial charge is 0.307 e. The van der Waals surface area contributed by atoms with Gasteiger partial charge in [-0.2, -0.15) is 23.5 Å². The summed E-state index contributed by atoms with van der Waals surface area (Å²) in [6.07, 6.45) is 13.5. The highest BCUT2D eigenvalue weighted by molar-refractivity contribution is 7.99. The summed E-state index contributed by atoms with van der Waals surface area (Å²) in [5.41, 5.74) is 0. The van der Waals surface area contributed by atoms with E-state index in [-0.39, 0.29) is 25.2 Å². The van der Waals surface area contributed by atoms with Crippen LogP contribution in [0.2, 0.25) is 0 Å². The summed E-state index contributed by atoms with van der Waals surface area (Å²) in [7, 11) is 0. The molecule has 0 bridgehead atoms. The summed E-state index contributed by atoms with van der Waals surface area (Å²) >= 11 is 2.79. The number of carboxylic acids is 4. The van der Waals surface area contributed by atoms with Gasteiger partial charge < -0.3 is 20.4 Å². The van der Waals surface area contributed by atoms with Crippen LogP contribution >= 0.6 is 23.5 Å². The maximum Gasteiger partial charge on any atom is 0.307 e. The van der Waals surface area contributed by atoms with E-state index < -0.39 is 23.9 Å². The van der Waals surface area contributed by atoms with Crippen molar-refractivity contribution >= 4 is 47.4 Å². The van der Waals surface area contributed by atoms with Crippen LogP contribution in [0, 0.1) is 5.92 Å².